The molecule has 172 valence electrons. The first-order valence-corrected chi connectivity index (χ1v) is 10.2. The van der Waals surface area contributed by atoms with E-state index in [9.17, 15) is 31.2 Å². The molecule has 4 N–H and O–H groups in total. The first-order valence-electron chi connectivity index (χ1n) is 9.08. The van der Waals surface area contributed by atoms with Crippen LogP contribution in [-0.4, -0.2) is 23.5 Å². The Morgan fingerprint density at radius 3 is 2.25 bits per heavy atom. The van der Waals surface area contributed by atoms with Crippen molar-refractivity contribution in [2.75, 3.05) is 11.9 Å². The highest BCUT2D eigenvalue weighted by Gasteiger charge is 2.32. The summed E-state index contributed by atoms with van der Waals surface area (Å²) in [4.78, 5) is 22.4. The van der Waals surface area contributed by atoms with Crippen LogP contribution in [-0.2, 0) is 17.5 Å². The number of benzene rings is 2. The summed E-state index contributed by atoms with van der Waals surface area (Å²) in [5.74, 6) is -1.37. The van der Waals surface area contributed by atoms with E-state index in [0.717, 1.165) is 6.07 Å². The molecule has 32 heavy (non-hydrogen) atoms. The molecule has 6 nitrogen and oxygen atoms in total. The Bertz CT molecular complexity index is 981. The van der Waals surface area contributed by atoms with Crippen molar-refractivity contribution in [3.63, 3.8) is 0 Å². The molecule has 0 heterocycles. The van der Waals surface area contributed by atoms with Gasteiger partial charge in [-0.05, 0) is 35.9 Å². The zero-order valence-electron chi connectivity index (χ0n) is 16.5. The summed E-state index contributed by atoms with van der Waals surface area (Å²) in [5.41, 5.74) is -0.342. The quantitative estimate of drug-likeness (QED) is 0.301. The fourth-order valence-electron chi connectivity index (χ4n) is 2.53. The van der Waals surface area contributed by atoms with Gasteiger partial charge in [-0.1, -0.05) is 18.7 Å². The minimum atomic E-state index is -4.77. The molecule has 2 rings (SSSR count). The van der Waals surface area contributed by atoms with E-state index in [0.29, 0.717) is 23.3 Å². The number of alkyl halides is 3. The van der Waals surface area contributed by atoms with E-state index in [1.807, 2.05) is 0 Å². The van der Waals surface area contributed by atoms with Crippen LogP contribution in [0.4, 0.5) is 27.3 Å². The topological polar surface area (TPSA) is 90.5 Å². The Balaban J connectivity index is 1.95. The van der Waals surface area contributed by atoms with E-state index >= 15 is 0 Å². The lowest BCUT2D eigenvalue weighted by Gasteiger charge is -2.16. The predicted molar refractivity (Wildman–Crippen MR) is 111 cm³/mol. The van der Waals surface area contributed by atoms with Crippen LogP contribution < -0.4 is 21.3 Å². The van der Waals surface area contributed by atoms with Crippen LogP contribution >= 0.6 is 8.54 Å². The number of nitrogens with one attached hydrogen (secondary N) is 3. The van der Waals surface area contributed by atoms with E-state index in [-0.39, 0.29) is 31.0 Å². The fourth-order valence-corrected chi connectivity index (χ4v) is 3.00. The van der Waals surface area contributed by atoms with Crippen LogP contribution in [0.5, 0.6) is 0 Å². The SMILES string of the molecule is C=C(NCc1ccc(C(=O)NCCC(=O)O)cc1)Nc1cc(P(F)F)cc(C(F)(F)F)c1. The highest BCUT2D eigenvalue weighted by atomic mass is 31.2. The van der Waals surface area contributed by atoms with Gasteiger partial charge < -0.3 is 21.1 Å². The molecule has 0 radical (unpaired) electrons. The molecular weight excluding hydrogens is 456 g/mol. The summed E-state index contributed by atoms with van der Waals surface area (Å²) in [6, 6.07) is 8.35. The standard InChI is InChI=1S/C20H19F5N3O3P/c1-12(28-16-8-15(20(21,22)23)9-17(10-16)32(24)25)27-11-13-2-4-14(5-3-13)19(31)26-7-6-18(29)30/h2-5,8-10,27-28H,1,6-7,11H2,(H,26,31)(H,29,30). The molecule has 0 aliphatic heterocycles. The average Bonchev–Trinajstić information content (AvgIpc) is 2.71. The molecule has 0 aromatic heterocycles. The van der Waals surface area contributed by atoms with E-state index in [4.69, 9.17) is 5.11 Å². The summed E-state index contributed by atoms with van der Waals surface area (Å²) in [5, 5.41) is 15.7. The summed E-state index contributed by atoms with van der Waals surface area (Å²) in [6.07, 6.45) is -4.97. The van der Waals surface area contributed by atoms with Crippen molar-refractivity contribution < 1.29 is 36.3 Å². The summed E-state index contributed by atoms with van der Waals surface area (Å²) in [6.45, 7) is 3.81. The fraction of sp³-hybridized carbons (Fsp3) is 0.200. The molecule has 2 aromatic carbocycles. The van der Waals surface area contributed by atoms with Gasteiger partial charge in [0, 0.05) is 29.6 Å². The van der Waals surface area contributed by atoms with Gasteiger partial charge >= 0.3 is 12.1 Å². The van der Waals surface area contributed by atoms with Crippen molar-refractivity contribution in [1.82, 2.24) is 10.6 Å². The van der Waals surface area contributed by atoms with Crippen molar-refractivity contribution >= 4 is 31.4 Å². The van der Waals surface area contributed by atoms with Crippen LogP contribution in [0.2, 0.25) is 0 Å². The van der Waals surface area contributed by atoms with Gasteiger partial charge in [-0.3, -0.25) is 9.59 Å². The molecule has 0 fully saturated rings. The maximum absolute atomic E-state index is 13.0. The van der Waals surface area contributed by atoms with Crippen molar-refractivity contribution in [2.45, 2.75) is 19.1 Å². The minimum Gasteiger partial charge on any atom is -0.481 e. The van der Waals surface area contributed by atoms with Crippen molar-refractivity contribution in [1.29, 1.82) is 0 Å². The molecule has 0 spiro atoms. The van der Waals surface area contributed by atoms with Crippen molar-refractivity contribution in [3.8, 4) is 0 Å². The van der Waals surface area contributed by atoms with Crippen LogP contribution in [0.25, 0.3) is 0 Å². The largest absolute Gasteiger partial charge is 0.481 e. The van der Waals surface area contributed by atoms with Crippen LogP contribution in [0, 0.1) is 0 Å². The molecule has 0 saturated heterocycles. The maximum Gasteiger partial charge on any atom is 0.416 e. The third-order valence-electron chi connectivity index (χ3n) is 4.08. The third-order valence-corrected chi connectivity index (χ3v) is 4.73. The number of carboxylic acid groups (broad SMARTS) is 1. The van der Waals surface area contributed by atoms with Gasteiger partial charge in [0.05, 0.1) is 17.8 Å². The van der Waals surface area contributed by atoms with Gasteiger partial charge in [0.15, 0.2) is 0 Å². The second kappa shape index (κ2) is 10.9. The van der Waals surface area contributed by atoms with E-state index in [1.165, 1.54) is 12.1 Å². The number of anilines is 1. The Hall–Kier alpha value is -3.20. The van der Waals surface area contributed by atoms with E-state index in [2.05, 4.69) is 22.5 Å². The van der Waals surface area contributed by atoms with E-state index in [1.54, 1.807) is 12.1 Å². The number of halogens is 5. The van der Waals surface area contributed by atoms with Crippen LogP contribution in [0.3, 0.4) is 0 Å². The molecule has 0 bridgehead atoms. The molecule has 0 aliphatic carbocycles. The second-order valence-corrected chi connectivity index (χ2v) is 7.54. The van der Waals surface area contributed by atoms with Gasteiger partial charge in [0.25, 0.3) is 14.5 Å². The molecule has 0 aliphatic rings. The lowest BCUT2D eigenvalue weighted by molar-refractivity contribution is -0.138. The molecule has 0 atom stereocenters. The number of rotatable bonds is 10. The minimum absolute atomic E-state index is 0.00700. The molecule has 0 unspecified atom stereocenters. The molecule has 1 amide bonds. The molecule has 0 saturated carbocycles. The zero-order chi connectivity index (χ0) is 23.9. The number of hydrogen-bond donors (Lipinski definition) is 4. The number of aliphatic carboxylic acids is 1. The number of amides is 1. The highest BCUT2D eigenvalue weighted by Crippen LogP contribution is 2.40. The number of carbonyl (C=O) groups is 2. The molecule has 12 heteroatoms. The van der Waals surface area contributed by atoms with Crippen LogP contribution in [0.15, 0.2) is 54.9 Å². The Kier molecular flexibility index (Phi) is 8.54. The van der Waals surface area contributed by atoms with Gasteiger partial charge in [0.1, 0.15) is 0 Å². The summed E-state index contributed by atoms with van der Waals surface area (Å²) < 4.78 is 64.8. The molecule has 2 aromatic rings. The monoisotopic (exact) mass is 475 g/mol. The zero-order valence-corrected chi connectivity index (χ0v) is 17.4. The van der Waals surface area contributed by atoms with Gasteiger partial charge in [-0.25, -0.2) is 0 Å². The highest BCUT2D eigenvalue weighted by molar-refractivity contribution is 7.55. The Morgan fingerprint density at radius 1 is 1.03 bits per heavy atom. The summed E-state index contributed by atoms with van der Waals surface area (Å²) in [7, 11) is -3.71. The average molecular weight is 475 g/mol. The smallest absolute Gasteiger partial charge is 0.416 e. The lowest BCUT2D eigenvalue weighted by Crippen LogP contribution is -2.26. The van der Waals surface area contributed by atoms with Gasteiger partial charge in [0.2, 0.25) is 0 Å². The van der Waals surface area contributed by atoms with Crippen molar-refractivity contribution in [2.24, 2.45) is 0 Å². The number of carbonyl (C=O) groups excluding carboxylic acids is 1. The Labute approximate surface area is 181 Å². The second-order valence-electron chi connectivity index (χ2n) is 6.55. The third kappa shape index (κ3) is 7.81. The van der Waals surface area contributed by atoms with Crippen LogP contribution in [0.1, 0.15) is 27.9 Å². The lowest BCUT2D eigenvalue weighted by atomic mass is 10.1. The normalized spacial score (nSPS) is 11.2. The first-order chi connectivity index (χ1) is 15.0. The maximum atomic E-state index is 13.0. The number of hydrogen-bond acceptors (Lipinski definition) is 4. The Morgan fingerprint density at radius 2 is 1.69 bits per heavy atom. The summed E-state index contributed by atoms with van der Waals surface area (Å²) >= 11 is 0. The molecular formula is C20H19F5N3O3P. The first kappa shape index (κ1) is 25.1. The number of carboxylic acids is 1. The van der Waals surface area contributed by atoms with Gasteiger partial charge in [-0.2, -0.15) is 21.6 Å². The van der Waals surface area contributed by atoms with E-state index < -0.39 is 37.5 Å². The van der Waals surface area contributed by atoms with Crippen molar-refractivity contribution in [3.05, 3.63) is 71.6 Å². The van der Waals surface area contributed by atoms with Gasteiger partial charge in [-0.15, -0.1) is 0 Å². The predicted octanol–water partition coefficient (Wildman–Crippen LogP) is 4.46.